The zero-order valence-corrected chi connectivity index (χ0v) is 14.1. The number of halogens is 3. The molecular weight excluding hydrogens is 366 g/mol. The van der Waals surface area contributed by atoms with E-state index in [0.717, 1.165) is 0 Å². The molecule has 3 aromatic rings. The molecule has 0 spiro atoms. The van der Waals surface area contributed by atoms with Crippen LogP contribution in [-0.2, 0) is 0 Å². The average molecular weight is 377 g/mol. The maximum atomic E-state index is 13.1. The summed E-state index contributed by atoms with van der Waals surface area (Å²) in [5.74, 6) is -0.652. The second kappa shape index (κ2) is 7.46. The van der Waals surface area contributed by atoms with Crippen LogP contribution in [-0.4, -0.2) is 15.9 Å². The van der Waals surface area contributed by atoms with Crippen molar-refractivity contribution in [2.24, 2.45) is 0 Å². The second-order valence-electron chi connectivity index (χ2n) is 4.98. The first-order valence-corrected chi connectivity index (χ1v) is 7.88. The van der Waals surface area contributed by atoms with Crippen LogP contribution >= 0.6 is 23.2 Å². The molecule has 5 nitrogen and oxygen atoms in total. The molecular formula is C17H11Cl2FN4O. The van der Waals surface area contributed by atoms with Gasteiger partial charge in [0.25, 0.3) is 5.91 Å². The molecule has 0 unspecified atom stereocenters. The van der Waals surface area contributed by atoms with E-state index in [1.165, 1.54) is 30.6 Å². The molecule has 0 radical (unpaired) electrons. The van der Waals surface area contributed by atoms with Crippen molar-refractivity contribution in [2.75, 3.05) is 10.6 Å². The molecule has 0 aliphatic heterocycles. The number of nitrogens with one attached hydrogen (secondary N) is 2. The molecule has 2 aromatic carbocycles. The van der Waals surface area contributed by atoms with E-state index >= 15 is 0 Å². The van der Waals surface area contributed by atoms with Crippen molar-refractivity contribution >= 4 is 46.4 Å². The van der Waals surface area contributed by atoms with Gasteiger partial charge >= 0.3 is 0 Å². The summed E-state index contributed by atoms with van der Waals surface area (Å²) in [6, 6.07) is 11.0. The molecule has 25 heavy (non-hydrogen) atoms. The summed E-state index contributed by atoms with van der Waals surface area (Å²) >= 11 is 11.7. The van der Waals surface area contributed by atoms with E-state index in [0.29, 0.717) is 16.4 Å². The highest BCUT2D eigenvalue weighted by molar-refractivity contribution is 6.33. The molecule has 0 atom stereocenters. The minimum Gasteiger partial charge on any atom is -0.324 e. The van der Waals surface area contributed by atoms with Crippen molar-refractivity contribution in [2.45, 2.75) is 0 Å². The molecule has 0 saturated heterocycles. The molecule has 0 aliphatic rings. The Morgan fingerprint density at radius 3 is 2.40 bits per heavy atom. The molecule has 0 saturated carbocycles. The fourth-order valence-corrected chi connectivity index (χ4v) is 2.33. The molecule has 8 heteroatoms. The normalized spacial score (nSPS) is 10.4. The monoisotopic (exact) mass is 376 g/mol. The topological polar surface area (TPSA) is 66.9 Å². The van der Waals surface area contributed by atoms with Gasteiger partial charge in [-0.15, -0.1) is 0 Å². The van der Waals surface area contributed by atoms with Gasteiger partial charge in [-0.3, -0.25) is 4.79 Å². The number of para-hydroxylation sites is 1. The molecule has 2 N–H and O–H groups in total. The van der Waals surface area contributed by atoms with E-state index in [1.807, 2.05) is 0 Å². The summed E-state index contributed by atoms with van der Waals surface area (Å²) in [7, 11) is 0. The Bertz CT molecular complexity index is 919. The number of carbonyl (C=O) groups excluding carboxylic acids is 1. The van der Waals surface area contributed by atoms with Crippen molar-refractivity contribution in [3.63, 3.8) is 0 Å². The van der Waals surface area contributed by atoms with Crippen LogP contribution in [0.25, 0.3) is 0 Å². The molecule has 1 amide bonds. The average Bonchev–Trinajstić information content (AvgIpc) is 2.61. The number of benzene rings is 2. The number of nitrogens with zero attached hydrogens (tertiary/aromatic N) is 2. The summed E-state index contributed by atoms with van der Waals surface area (Å²) < 4.78 is 13.1. The van der Waals surface area contributed by atoms with Gasteiger partial charge < -0.3 is 10.6 Å². The highest BCUT2D eigenvalue weighted by Gasteiger charge is 2.10. The Morgan fingerprint density at radius 2 is 1.72 bits per heavy atom. The SMILES string of the molecule is O=C(Nc1ccccc1Cl)c1cnc(Nc2ccc(F)c(Cl)c2)nc1. The zero-order valence-electron chi connectivity index (χ0n) is 12.6. The van der Waals surface area contributed by atoms with Crippen molar-refractivity contribution in [1.29, 1.82) is 0 Å². The zero-order chi connectivity index (χ0) is 17.8. The fourth-order valence-electron chi connectivity index (χ4n) is 1.97. The molecule has 1 aromatic heterocycles. The van der Waals surface area contributed by atoms with E-state index in [-0.39, 0.29) is 22.4 Å². The van der Waals surface area contributed by atoms with Crippen molar-refractivity contribution in [3.05, 3.63) is 76.3 Å². The molecule has 0 aliphatic carbocycles. The summed E-state index contributed by atoms with van der Waals surface area (Å²) in [4.78, 5) is 20.3. The van der Waals surface area contributed by atoms with Crippen LogP contribution in [0, 0.1) is 5.82 Å². The van der Waals surface area contributed by atoms with Gasteiger partial charge in [0.1, 0.15) is 5.82 Å². The third-order valence-electron chi connectivity index (χ3n) is 3.21. The van der Waals surface area contributed by atoms with Crippen LogP contribution in [0.1, 0.15) is 10.4 Å². The van der Waals surface area contributed by atoms with Gasteiger partial charge in [-0.25, -0.2) is 14.4 Å². The number of rotatable bonds is 4. The predicted octanol–water partition coefficient (Wildman–Crippen LogP) is 4.92. The Labute approximate surface area is 152 Å². The van der Waals surface area contributed by atoms with E-state index in [2.05, 4.69) is 20.6 Å². The van der Waals surface area contributed by atoms with Crippen LogP contribution in [0.3, 0.4) is 0 Å². The van der Waals surface area contributed by atoms with Crippen LogP contribution < -0.4 is 10.6 Å². The van der Waals surface area contributed by atoms with Crippen molar-refractivity contribution in [1.82, 2.24) is 9.97 Å². The standard InChI is InChI=1S/C17H11Cl2FN4O/c18-12-3-1-2-4-15(12)24-16(25)10-8-21-17(22-9-10)23-11-5-6-14(20)13(19)7-11/h1-9H,(H,24,25)(H,21,22,23). The van der Waals surface area contributed by atoms with Crippen LogP contribution in [0.5, 0.6) is 0 Å². The Hall–Kier alpha value is -2.70. The van der Waals surface area contributed by atoms with E-state index in [1.54, 1.807) is 24.3 Å². The van der Waals surface area contributed by atoms with Crippen molar-refractivity contribution < 1.29 is 9.18 Å². The number of anilines is 3. The van der Waals surface area contributed by atoms with Gasteiger partial charge in [0.15, 0.2) is 0 Å². The lowest BCUT2D eigenvalue weighted by Gasteiger charge is -2.08. The maximum Gasteiger partial charge on any atom is 0.258 e. The lowest BCUT2D eigenvalue weighted by Crippen LogP contribution is -2.13. The van der Waals surface area contributed by atoms with Gasteiger partial charge in [-0.1, -0.05) is 35.3 Å². The highest BCUT2D eigenvalue weighted by atomic mass is 35.5. The Balaban J connectivity index is 1.70. The molecule has 126 valence electrons. The number of carbonyl (C=O) groups is 1. The van der Waals surface area contributed by atoms with Gasteiger partial charge in [0, 0.05) is 18.1 Å². The summed E-state index contributed by atoms with van der Waals surface area (Å²) in [6.45, 7) is 0. The quantitative estimate of drug-likeness (QED) is 0.678. The van der Waals surface area contributed by atoms with Gasteiger partial charge in [0.2, 0.25) is 5.95 Å². The molecule has 0 bridgehead atoms. The minimum atomic E-state index is -0.514. The van der Waals surface area contributed by atoms with Crippen LogP contribution in [0.2, 0.25) is 10.0 Å². The first-order chi connectivity index (χ1) is 12.0. The van der Waals surface area contributed by atoms with Gasteiger partial charge in [-0.2, -0.15) is 0 Å². The molecule has 1 heterocycles. The highest BCUT2D eigenvalue weighted by Crippen LogP contribution is 2.22. The number of hydrogen-bond donors (Lipinski definition) is 2. The predicted molar refractivity (Wildman–Crippen MR) is 96.1 cm³/mol. The number of aromatic nitrogens is 2. The fraction of sp³-hybridized carbons (Fsp3) is 0. The number of hydrogen-bond acceptors (Lipinski definition) is 4. The largest absolute Gasteiger partial charge is 0.324 e. The van der Waals surface area contributed by atoms with E-state index in [4.69, 9.17) is 23.2 Å². The van der Waals surface area contributed by atoms with Crippen LogP contribution in [0.15, 0.2) is 54.9 Å². The summed E-state index contributed by atoms with van der Waals surface area (Å²) in [5, 5.41) is 5.97. The van der Waals surface area contributed by atoms with Gasteiger partial charge in [0.05, 0.1) is 21.3 Å². The van der Waals surface area contributed by atoms with Crippen molar-refractivity contribution in [3.8, 4) is 0 Å². The number of amides is 1. The van der Waals surface area contributed by atoms with Gasteiger partial charge in [-0.05, 0) is 30.3 Å². The minimum absolute atomic E-state index is 0.0132. The summed E-state index contributed by atoms with van der Waals surface area (Å²) in [5.41, 5.74) is 1.29. The maximum absolute atomic E-state index is 13.1. The Morgan fingerprint density at radius 1 is 1.00 bits per heavy atom. The third-order valence-corrected chi connectivity index (χ3v) is 3.83. The Kier molecular flexibility index (Phi) is 5.11. The van der Waals surface area contributed by atoms with Crippen LogP contribution in [0.4, 0.5) is 21.7 Å². The summed E-state index contributed by atoms with van der Waals surface area (Å²) in [6.07, 6.45) is 2.74. The van der Waals surface area contributed by atoms with E-state index in [9.17, 15) is 9.18 Å². The second-order valence-corrected chi connectivity index (χ2v) is 5.80. The lowest BCUT2D eigenvalue weighted by atomic mass is 10.2. The molecule has 0 fully saturated rings. The lowest BCUT2D eigenvalue weighted by molar-refractivity contribution is 0.102. The molecule has 3 rings (SSSR count). The van der Waals surface area contributed by atoms with E-state index < -0.39 is 5.82 Å². The first kappa shape index (κ1) is 17.1. The smallest absolute Gasteiger partial charge is 0.258 e. The third kappa shape index (κ3) is 4.23. The first-order valence-electron chi connectivity index (χ1n) is 7.13.